The molecule has 5 rings (SSSR count). The minimum Gasteiger partial charge on any atom is -0.494 e. The molecule has 2 aliphatic heterocycles. The zero-order valence-corrected chi connectivity index (χ0v) is 24.6. The van der Waals surface area contributed by atoms with Crippen LogP contribution in [0.15, 0.2) is 47.3 Å². The lowest BCUT2D eigenvalue weighted by molar-refractivity contribution is 0.159. The quantitative estimate of drug-likeness (QED) is 0.264. The van der Waals surface area contributed by atoms with E-state index in [1.807, 2.05) is 59.2 Å². The number of rotatable bonds is 11. The second kappa shape index (κ2) is 14.3. The van der Waals surface area contributed by atoms with Crippen LogP contribution in [0.5, 0.6) is 5.75 Å². The fourth-order valence-corrected chi connectivity index (χ4v) is 6.35. The Morgan fingerprint density at radius 2 is 1.62 bits per heavy atom. The molecule has 2 saturated heterocycles. The second-order valence-electron chi connectivity index (χ2n) is 11.4. The number of piperidine rings is 2. The average molecular weight is 563 g/mol. The van der Waals surface area contributed by atoms with Gasteiger partial charge in [0.05, 0.1) is 12.5 Å². The zero-order chi connectivity index (χ0) is 27.7. The van der Waals surface area contributed by atoms with Crippen molar-refractivity contribution in [2.24, 2.45) is 5.92 Å². The highest BCUT2D eigenvalue weighted by Gasteiger charge is 2.20. The zero-order valence-electron chi connectivity index (χ0n) is 23.9. The van der Waals surface area contributed by atoms with Gasteiger partial charge >= 0.3 is 0 Å². The lowest BCUT2D eigenvalue weighted by atomic mass is 9.92. The topological polar surface area (TPSA) is 50.6 Å². The van der Waals surface area contributed by atoms with E-state index >= 15 is 0 Å². The fraction of sp³-hybridized carbons (Fsp3) is 0.515. The molecule has 6 nitrogen and oxygen atoms in total. The summed E-state index contributed by atoms with van der Waals surface area (Å²) >= 11 is 6.05. The third kappa shape index (κ3) is 7.54. The van der Waals surface area contributed by atoms with Crippen LogP contribution >= 0.6 is 11.6 Å². The molecule has 40 heavy (non-hydrogen) atoms. The first-order valence-electron chi connectivity index (χ1n) is 15.1. The van der Waals surface area contributed by atoms with Crippen molar-refractivity contribution in [3.63, 3.8) is 0 Å². The van der Waals surface area contributed by atoms with Crippen LogP contribution in [-0.4, -0.2) is 65.7 Å². The molecule has 0 radical (unpaired) electrons. The number of methoxy groups -OCH3 is 1. The number of fused-ring (bicyclic) bond motifs is 1. The summed E-state index contributed by atoms with van der Waals surface area (Å²) in [4.78, 5) is 23.8. The second-order valence-corrected chi connectivity index (χ2v) is 11.8. The van der Waals surface area contributed by atoms with Crippen molar-refractivity contribution in [3.8, 4) is 5.75 Å². The van der Waals surface area contributed by atoms with E-state index in [4.69, 9.17) is 21.3 Å². The van der Waals surface area contributed by atoms with Crippen molar-refractivity contribution in [1.29, 1.82) is 0 Å². The van der Waals surface area contributed by atoms with Gasteiger partial charge in [-0.05, 0) is 126 Å². The average Bonchev–Trinajstić information content (AvgIpc) is 2.99. The first-order chi connectivity index (χ1) is 19.6. The van der Waals surface area contributed by atoms with Crippen LogP contribution in [0.25, 0.3) is 23.1 Å². The molecule has 0 N–H and O–H groups in total. The molecule has 0 saturated carbocycles. The van der Waals surface area contributed by atoms with Crippen molar-refractivity contribution in [2.45, 2.75) is 57.9 Å². The number of para-hydroxylation sites is 1. The monoisotopic (exact) mass is 562 g/mol. The van der Waals surface area contributed by atoms with E-state index in [0.29, 0.717) is 34.0 Å². The maximum absolute atomic E-state index is 13.6. The molecule has 0 amide bonds. The van der Waals surface area contributed by atoms with E-state index in [-0.39, 0.29) is 5.56 Å². The van der Waals surface area contributed by atoms with Crippen molar-refractivity contribution in [2.75, 3.05) is 46.4 Å². The first kappa shape index (κ1) is 28.8. The van der Waals surface area contributed by atoms with Gasteiger partial charge in [0.15, 0.2) is 0 Å². The number of likely N-dealkylation sites (tertiary alicyclic amines) is 2. The van der Waals surface area contributed by atoms with E-state index in [1.165, 1.54) is 77.8 Å². The Labute approximate surface area is 243 Å². The molecule has 3 aromatic rings. The van der Waals surface area contributed by atoms with E-state index in [1.54, 1.807) is 7.11 Å². The number of halogens is 1. The van der Waals surface area contributed by atoms with Crippen molar-refractivity contribution >= 4 is 34.7 Å². The Bertz CT molecular complexity index is 1320. The van der Waals surface area contributed by atoms with Crippen LogP contribution < -0.4 is 10.3 Å². The fourth-order valence-electron chi connectivity index (χ4n) is 6.23. The van der Waals surface area contributed by atoms with Gasteiger partial charge in [-0.15, -0.1) is 0 Å². The maximum atomic E-state index is 13.6. The molecule has 2 aliphatic rings. The highest BCUT2D eigenvalue weighted by atomic mass is 35.5. The van der Waals surface area contributed by atoms with Gasteiger partial charge in [0.2, 0.25) is 0 Å². The Morgan fingerprint density at radius 1 is 0.900 bits per heavy atom. The van der Waals surface area contributed by atoms with Crippen molar-refractivity contribution in [3.05, 3.63) is 69.2 Å². The third-order valence-electron chi connectivity index (χ3n) is 8.59. The normalized spacial score (nSPS) is 17.6. The van der Waals surface area contributed by atoms with Crippen molar-refractivity contribution < 1.29 is 4.74 Å². The summed E-state index contributed by atoms with van der Waals surface area (Å²) in [7, 11) is 1.62. The summed E-state index contributed by atoms with van der Waals surface area (Å²) in [5, 5.41) is 1.30. The minimum atomic E-state index is -0.0109. The highest BCUT2D eigenvalue weighted by Crippen LogP contribution is 2.25. The van der Waals surface area contributed by atoms with Gasteiger partial charge in [0.1, 0.15) is 17.1 Å². The Morgan fingerprint density at radius 3 is 2.35 bits per heavy atom. The summed E-state index contributed by atoms with van der Waals surface area (Å²) in [5.74, 6) is 2.00. The van der Waals surface area contributed by atoms with Gasteiger partial charge < -0.3 is 14.5 Å². The van der Waals surface area contributed by atoms with Gasteiger partial charge in [-0.1, -0.05) is 42.3 Å². The van der Waals surface area contributed by atoms with Crippen LogP contribution in [0.4, 0.5) is 0 Å². The standard InChI is InChI=1S/C33H43ClN4O2/c1-40-30-10-5-9-29-32(30)35-31(16-13-27-11-14-28(34)15-12-27)38(33(29)39)23-6-8-26-17-24-37(25-18-26)22-7-21-36-19-3-2-4-20-36/h5,9-16,26H,2-4,6-8,17-25H2,1H3. The van der Waals surface area contributed by atoms with Gasteiger partial charge in [0.25, 0.3) is 5.56 Å². The summed E-state index contributed by atoms with van der Waals surface area (Å²) in [5.41, 5.74) is 1.60. The van der Waals surface area contributed by atoms with E-state index < -0.39 is 0 Å². The lowest BCUT2D eigenvalue weighted by Crippen LogP contribution is -2.37. The maximum Gasteiger partial charge on any atom is 0.261 e. The number of hydrogen-bond acceptors (Lipinski definition) is 5. The molecule has 214 valence electrons. The van der Waals surface area contributed by atoms with Crippen molar-refractivity contribution in [1.82, 2.24) is 19.4 Å². The number of ether oxygens (including phenoxy) is 1. The van der Waals surface area contributed by atoms with Gasteiger partial charge in [-0.2, -0.15) is 0 Å². The molecule has 0 aliphatic carbocycles. The van der Waals surface area contributed by atoms with Gasteiger partial charge in [-0.3, -0.25) is 9.36 Å². The molecule has 2 aromatic carbocycles. The van der Waals surface area contributed by atoms with Gasteiger partial charge in [-0.25, -0.2) is 4.98 Å². The smallest absolute Gasteiger partial charge is 0.261 e. The molecule has 2 fully saturated rings. The van der Waals surface area contributed by atoms with E-state index in [0.717, 1.165) is 24.3 Å². The first-order valence-corrected chi connectivity index (χ1v) is 15.4. The Kier molecular flexibility index (Phi) is 10.3. The SMILES string of the molecule is COc1cccc2c(=O)n(CCCC3CCN(CCCN4CCCCC4)CC3)c(C=Cc3ccc(Cl)cc3)nc12. The van der Waals surface area contributed by atoms with Crippen LogP contribution in [0.1, 0.15) is 62.8 Å². The molecule has 7 heteroatoms. The molecule has 0 spiro atoms. The molecular formula is C33H43ClN4O2. The number of nitrogens with zero attached hydrogens (tertiary/aromatic N) is 4. The van der Waals surface area contributed by atoms with E-state index in [2.05, 4.69) is 9.80 Å². The molecular weight excluding hydrogens is 520 g/mol. The summed E-state index contributed by atoms with van der Waals surface area (Å²) in [6, 6.07) is 13.2. The highest BCUT2D eigenvalue weighted by molar-refractivity contribution is 6.30. The summed E-state index contributed by atoms with van der Waals surface area (Å²) < 4.78 is 7.36. The molecule has 0 bridgehead atoms. The van der Waals surface area contributed by atoms with Crippen LogP contribution in [0, 0.1) is 5.92 Å². The predicted molar refractivity (Wildman–Crippen MR) is 166 cm³/mol. The number of hydrogen-bond donors (Lipinski definition) is 0. The Hall–Kier alpha value is -2.67. The molecule has 1 aromatic heterocycles. The number of aromatic nitrogens is 2. The van der Waals surface area contributed by atoms with Gasteiger partial charge in [0, 0.05) is 11.6 Å². The van der Waals surface area contributed by atoms with E-state index in [9.17, 15) is 4.79 Å². The number of benzene rings is 2. The lowest BCUT2D eigenvalue weighted by Gasteiger charge is -2.33. The third-order valence-corrected chi connectivity index (χ3v) is 8.84. The molecule has 3 heterocycles. The Balaban J connectivity index is 1.19. The van der Waals surface area contributed by atoms with Crippen LogP contribution in [0.3, 0.4) is 0 Å². The van der Waals surface area contributed by atoms with Crippen LogP contribution in [-0.2, 0) is 6.54 Å². The molecule has 0 unspecified atom stereocenters. The largest absolute Gasteiger partial charge is 0.494 e. The van der Waals surface area contributed by atoms with Crippen LogP contribution in [0.2, 0.25) is 5.02 Å². The molecule has 0 atom stereocenters. The minimum absolute atomic E-state index is 0.0109. The summed E-state index contributed by atoms with van der Waals surface area (Å²) in [6.07, 6.45) is 14.0. The predicted octanol–water partition coefficient (Wildman–Crippen LogP) is 6.60. The summed E-state index contributed by atoms with van der Waals surface area (Å²) in [6.45, 7) is 8.15.